The fraction of sp³-hybridized carbons (Fsp3) is 0.667. The molecule has 74 valence electrons. The molecule has 0 aliphatic carbocycles. The smallest absolute Gasteiger partial charge is 0.190 e. The Bertz CT molecular complexity index is 329. The number of likely N-dealkylation sites (N-methyl/N-ethyl adjacent to an activating group) is 1. The second-order valence-corrected chi connectivity index (χ2v) is 4.84. The number of thioether (sulfide) groups is 1. The maximum absolute atomic E-state index is 5.73. The minimum absolute atomic E-state index is 0.490. The molecule has 3 nitrogen and oxygen atoms in total. The normalized spacial score (nSPS) is 23.1. The van der Waals surface area contributed by atoms with Crippen molar-refractivity contribution in [2.45, 2.75) is 18.7 Å². The van der Waals surface area contributed by atoms with Gasteiger partial charge in [-0.05, 0) is 7.05 Å². The van der Waals surface area contributed by atoms with Gasteiger partial charge in [-0.2, -0.15) is 0 Å². The molecule has 1 unspecified atom stereocenters. The first kappa shape index (κ1) is 10.1. The largest absolute Gasteiger partial charge is 0.447 e. The van der Waals surface area contributed by atoms with Crippen LogP contribution in [0, 0.1) is 6.92 Å². The van der Waals surface area contributed by atoms with Gasteiger partial charge in [0.1, 0.15) is 13.6 Å². The first-order chi connectivity index (χ1) is 6.66. The molecular formula is C9H13BN2OS. The third-order valence-electron chi connectivity index (χ3n) is 2.44. The van der Waals surface area contributed by atoms with E-state index in [1.54, 1.807) is 0 Å². The van der Waals surface area contributed by atoms with Crippen molar-refractivity contribution in [2.75, 3.05) is 19.3 Å². The second kappa shape index (κ2) is 3.99. The van der Waals surface area contributed by atoms with E-state index >= 15 is 0 Å². The Morgan fingerprint density at radius 3 is 3.00 bits per heavy atom. The van der Waals surface area contributed by atoms with Gasteiger partial charge in [0.2, 0.25) is 0 Å². The van der Waals surface area contributed by atoms with E-state index in [4.69, 9.17) is 12.3 Å². The Morgan fingerprint density at radius 1 is 1.71 bits per heavy atom. The van der Waals surface area contributed by atoms with Crippen molar-refractivity contribution in [3.63, 3.8) is 0 Å². The number of aryl methyl sites for hydroxylation is 1. The second-order valence-electron chi connectivity index (χ2n) is 3.55. The van der Waals surface area contributed by atoms with E-state index in [2.05, 4.69) is 16.9 Å². The van der Waals surface area contributed by atoms with Crippen LogP contribution >= 0.6 is 11.8 Å². The Morgan fingerprint density at radius 2 is 2.50 bits per heavy atom. The standard InChI is InChI=1S/C9H13BN2OS/c1-6-11-9(10)7(13-6)5-8-12(2)3-4-14-8/h8H,3-5H2,1-2H3. The van der Waals surface area contributed by atoms with Gasteiger partial charge >= 0.3 is 0 Å². The van der Waals surface area contributed by atoms with Crippen molar-refractivity contribution in [1.29, 1.82) is 0 Å². The van der Waals surface area contributed by atoms with Crippen LogP contribution in [0.25, 0.3) is 0 Å². The highest BCUT2D eigenvalue weighted by Gasteiger charge is 2.23. The highest BCUT2D eigenvalue weighted by molar-refractivity contribution is 8.00. The number of oxazole rings is 1. The molecule has 0 bridgehead atoms. The van der Waals surface area contributed by atoms with Crippen LogP contribution in [0.15, 0.2) is 4.42 Å². The summed E-state index contributed by atoms with van der Waals surface area (Å²) in [6, 6.07) is 0. The summed E-state index contributed by atoms with van der Waals surface area (Å²) in [5, 5.41) is 0.490. The average molecular weight is 208 g/mol. The molecular weight excluding hydrogens is 195 g/mol. The lowest BCUT2D eigenvalue weighted by Gasteiger charge is -2.16. The summed E-state index contributed by atoms with van der Waals surface area (Å²) in [6.07, 6.45) is 0.855. The van der Waals surface area contributed by atoms with Gasteiger partial charge in [-0.3, -0.25) is 4.90 Å². The van der Waals surface area contributed by atoms with Gasteiger partial charge in [0.15, 0.2) is 5.89 Å². The SMILES string of the molecule is [B]c1nc(C)oc1CC1SCCN1C. The number of hydrogen-bond acceptors (Lipinski definition) is 4. The van der Waals surface area contributed by atoms with Gasteiger partial charge in [-0.1, -0.05) is 0 Å². The average Bonchev–Trinajstić information content (AvgIpc) is 2.62. The van der Waals surface area contributed by atoms with Crippen LogP contribution < -0.4 is 5.59 Å². The maximum Gasteiger partial charge on any atom is 0.190 e. The Kier molecular flexibility index (Phi) is 2.88. The Labute approximate surface area is 89.7 Å². The molecule has 1 aliphatic rings. The van der Waals surface area contributed by atoms with Gasteiger partial charge in [0.25, 0.3) is 0 Å². The van der Waals surface area contributed by atoms with E-state index in [-0.39, 0.29) is 0 Å². The highest BCUT2D eigenvalue weighted by Crippen LogP contribution is 2.24. The molecule has 1 atom stereocenters. The van der Waals surface area contributed by atoms with Gasteiger partial charge in [-0.25, -0.2) is 4.98 Å². The predicted molar refractivity (Wildman–Crippen MR) is 59.2 cm³/mol. The van der Waals surface area contributed by atoms with Crippen LogP contribution in [0.3, 0.4) is 0 Å². The number of hydrogen-bond donors (Lipinski definition) is 0. The van der Waals surface area contributed by atoms with E-state index in [1.165, 1.54) is 5.75 Å². The van der Waals surface area contributed by atoms with Crippen molar-refractivity contribution in [3.05, 3.63) is 11.7 Å². The summed E-state index contributed by atoms with van der Waals surface area (Å²) in [5.41, 5.74) is 0.545. The van der Waals surface area contributed by atoms with Gasteiger partial charge < -0.3 is 4.42 Å². The van der Waals surface area contributed by atoms with E-state index in [0.29, 0.717) is 16.9 Å². The molecule has 5 heteroatoms. The molecule has 0 aromatic carbocycles. The lowest BCUT2D eigenvalue weighted by atomic mass is 10.0. The summed E-state index contributed by atoms with van der Waals surface area (Å²) in [4.78, 5) is 6.38. The molecule has 0 spiro atoms. The van der Waals surface area contributed by atoms with Crippen molar-refractivity contribution < 1.29 is 4.42 Å². The molecule has 14 heavy (non-hydrogen) atoms. The molecule has 1 fully saturated rings. The number of nitrogens with zero attached hydrogens (tertiary/aromatic N) is 2. The zero-order valence-corrected chi connectivity index (χ0v) is 9.30. The Balaban J connectivity index is 2.06. The molecule has 1 aliphatic heterocycles. The number of rotatable bonds is 2. The molecule has 0 N–H and O–H groups in total. The van der Waals surface area contributed by atoms with E-state index in [9.17, 15) is 0 Å². The lowest BCUT2D eigenvalue weighted by Crippen LogP contribution is -2.27. The minimum atomic E-state index is 0.490. The topological polar surface area (TPSA) is 29.3 Å². The summed E-state index contributed by atoms with van der Waals surface area (Å²) in [6.45, 7) is 2.97. The summed E-state index contributed by atoms with van der Waals surface area (Å²) >= 11 is 1.95. The third kappa shape index (κ3) is 1.98. The van der Waals surface area contributed by atoms with Crippen LogP contribution in [0.2, 0.25) is 0 Å². The van der Waals surface area contributed by atoms with E-state index < -0.39 is 0 Å². The number of aromatic nitrogens is 1. The van der Waals surface area contributed by atoms with Crippen molar-refractivity contribution in [1.82, 2.24) is 9.88 Å². The zero-order chi connectivity index (χ0) is 10.1. The fourth-order valence-corrected chi connectivity index (χ4v) is 2.90. The van der Waals surface area contributed by atoms with Crippen molar-refractivity contribution >= 4 is 25.2 Å². The molecule has 2 heterocycles. The monoisotopic (exact) mass is 208 g/mol. The van der Waals surface area contributed by atoms with Gasteiger partial charge in [0, 0.05) is 31.2 Å². The van der Waals surface area contributed by atoms with Crippen LogP contribution in [0.5, 0.6) is 0 Å². The molecule has 1 saturated heterocycles. The molecule has 1 aromatic heterocycles. The molecule has 0 saturated carbocycles. The van der Waals surface area contributed by atoms with E-state index in [1.807, 2.05) is 18.7 Å². The van der Waals surface area contributed by atoms with Crippen molar-refractivity contribution in [2.24, 2.45) is 0 Å². The zero-order valence-electron chi connectivity index (χ0n) is 8.49. The van der Waals surface area contributed by atoms with Crippen LogP contribution in [-0.4, -0.2) is 42.4 Å². The minimum Gasteiger partial charge on any atom is -0.447 e. The fourth-order valence-electron chi connectivity index (χ4n) is 1.61. The maximum atomic E-state index is 5.73. The predicted octanol–water partition coefficient (Wildman–Crippen LogP) is 0.324. The summed E-state index contributed by atoms with van der Waals surface area (Å²) in [7, 11) is 7.86. The van der Waals surface area contributed by atoms with E-state index in [0.717, 1.165) is 18.7 Å². The molecule has 2 radical (unpaired) electrons. The van der Waals surface area contributed by atoms with Crippen molar-refractivity contribution in [3.8, 4) is 0 Å². The first-order valence-corrected chi connectivity index (χ1v) is 5.75. The van der Waals surface area contributed by atoms with Gasteiger partial charge in [-0.15, -0.1) is 11.8 Å². The third-order valence-corrected chi connectivity index (χ3v) is 3.77. The molecule has 0 amide bonds. The van der Waals surface area contributed by atoms with Crippen LogP contribution in [0.4, 0.5) is 0 Å². The lowest BCUT2D eigenvalue weighted by molar-refractivity contribution is 0.334. The van der Waals surface area contributed by atoms with Gasteiger partial charge in [0.05, 0.1) is 5.37 Å². The first-order valence-electron chi connectivity index (χ1n) is 4.70. The summed E-state index contributed by atoms with van der Waals surface area (Å²) < 4.78 is 5.45. The quantitative estimate of drug-likeness (QED) is 0.655. The molecule has 2 rings (SSSR count). The van der Waals surface area contributed by atoms with Crippen LogP contribution in [0.1, 0.15) is 11.7 Å². The summed E-state index contributed by atoms with van der Waals surface area (Å²) in [5.74, 6) is 2.67. The highest BCUT2D eigenvalue weighted by atomic mass is 32.2. The molecule has 1 aromatic rings. The Hall–Kier alpha value is -0.415. The van der Waals surface area contributed by atoms with Crippen LogP contribution in [-0.2, 0) is 6.42 Å².